The Morgan fingerprint density at radius 3 is 2.08 bits per heavy atom. The van der Waals surface area contributed by atoms with Crippen LogP contribution >= 0.6 is 11.6 Å². The molecule has 0 unspecified atom stereocenters. The van der Waals surface area contributed by atoms with Crippen LogP contribution in [0, 0.1) is 0 Å². The molecule has 3 heteroatoms. The van der Waals surface area contributed by atoms with Crippen molar-refractivity contribution < 1.29 is 16.9 Å². The van der Waals surface area contributed by atoms with Crippen LogP contribution in [0.1, 0.15) is 64.9 Å². The predicted octanol–water partition coefficient (Wildman–Crippen LogP) is 3.57. The summed E-state index contributed by atoms with van der Waals surface area (Å²) in [7, 11) is 0. The van der Waals surface area contributed by atoms with Gasteiger partial charge in [0, 0.05) is 11.4 Å². The van der Waals surface area contributed by atoms with Crippen LogP contribution in [0.2, 0.25) is 5.02 Å². The number of quaternary nitrogens is 1. The van der Waals surface area contributed by atoms with Gasteiger partial charge in [0.15, 0.2) is 0 Å². The SMILES string of the molecule is CCCCCCC[N+](CC)(CC)CCC=Cc1ccc(Cl)cc1.[Cl-]. The zero-order valence-corrected chi connectivity index (χ0v) is 17.3. The van der Waals surface area contributed by atoms with Gasteiger partial charge in [0.05, 0.1) is 26.2 Å². The Balaban J connectivity index is 0.00000529. The van der Waals surface area contributed by atoms with Crippen LogP contribution in [0.3, 0.4) is 0 Å². The molecule has 0 heterocycles. The molecule has 0 aromatic heterocycles. The van der Waals surface area contributed by atoms with Crippen molar-refractivity contribution in [3.8, 4) is 0 Å². The maximum atomic E-state index is 5.92. The molecule has 138 valence electrons. The summed E-state index contributed by atoms with van der Waals surface area (Å²) in [5.74, 6) is 0. The molecular formula is C21H35Cl2N. The van der Waals surface area contributed by atoms with Gasteiger partial charge < -0.3 is 16.9 Å². The van der Waals surface area contributed by atoms with E-state index in [9.17, 15) is 0 Å². The van der Waals surface area contributed by atoms with Gasteiger partial charge in [-0.25, -0.2) is 0 Å². The molecule has 0 saturated carbocycles. The van der Waals surface area contributed by atoms with Crippen molar-refractivity contribution in [3.05, 3.63) is 40.9 Å². The molecular weight excluding hydrogens is 337 g/mol. The number of hydrogen-bond acceptors (Lipinski definition) is 0. The zero-order chi connectivity index (χ0) is 17.0. The minimum Gasteiger partial charge on any atom is -1.00 e. The van der Waals surface area contributed by atoms with Crippen LogP contribution in [0.5, 0.6) is 0 Å². The lowest BCUT2D eigenvalue weighted by molar-refractivity contribution is -0.924. The van der Waals surface area contributed by atoms with Gasteiger partial charge in [-0.15, -0.1) is 0 Å². The highest BCUT2D eigenvalue weighted by Gasteiger charge is 2.21. The van der Waals surface area contributed by atoms with E-state index in [1.807, 2.05) is 12.1 Å². The minimum absolute atomic E-state index is 0. The highest BCUT2D eigenvalue weighted by atomic mass is 35.5. The van der Waals surface area contributed by atoms with E-state index in [2.05, 4.69) is 45.1 Å². The van der Waals surface area contributed by atoms with Crippen LogP contribution in [0.4, 0.5) is 0 Å². The molecule has 1 aromatic carbocycles. The van der Waals surface area contributed by atoms with Crippen LogP contribution in [0.25, 0.3) is 6.08 Å². The lowest BCUT2D eigenvalue weighted by Gasteiger charge is -2.37. The van der Waals surface area contributed by atoms with Crippen LogP contribution in [-0.4, -0.2) is 30.7 Å². The van der Waals surface area contributed by atoms with Gasteiger partial charge in [-0.05, 0) is 44.4 Å². The lowest BCUT2D eigenvalue weighted by Crippen LogP contribution is -3.00. The molecule has 0 fully saturated rings. The van der Waals surface area contributed by atoms with Crippen molar-refractivity contribution >= 4 is 17.7 Å². The molecule has 1 nitrogen and oxygen atoms in total. The van der Waals surface area contributed by atoms with Crippen LogP contribution < -0.4 is 12.4 Å². The predicted molar refractivity (Wildman–Crippen MR) is 105 cm³/mol. The topological polar surface area (TPSA) is 0 Å². The standard InChI is InChI=1S/C21H35ClN.ClH/c1-4-7-8-9-11-18-23(5-2,6-3)19-12-10-13-20-14-16-21(22)17-15-20;/h10,13-17H,4-9,11-12,18-19H2,1-3H3;1H/q+1;/p-1. The second-order valence-corrected chi connectivity index (χ2v) is 7.01. The highest BCUT2D eigenvalue weighted by Crippen LogP contribution is 2.14. The average molecular weight is 372 g/mol. The average Bonchev–Trinajstić information content (AvgIpc) is 2.58. The van der Waals surface area contributed by atoms with E-state index >= 15 is 0 Å². The third-order valence-corrected chi connectivity index (χ3v) is 5.28. The Kier molecular flexibility index (Phi) is 13.5. The van der Waals surface area contributed by atoms with Gasteiger partial charge in [-0.1, -0.05) is 62.1 Å². The fourth-order valence-electron chi connectivity index (χ4n) is 3.16. The molecule has 0 spiro atoms. The second kappa shape index (κ2) is 13.8. The van der Waals surface area contributed by atoms with Crippen LogP contribution in [-0.2, 0) is 0 Å². The molecule has 0 atom stereocenters. The fraction of sp³-hybridized carbons (Fsp3) is 0.619. The van der Waals surface area contributed by atoms with E-state index in [1.165, 1.54) is 68.3 Å². The third kappa shape index (κ3) is 9.11. The van der Waals surface area contributed by atoms with Crippen molar-refractivity contribution in [2.75, 3.05) is 26.2 Å². The van der Waals surface area contributed by atoms with Gasteiger partial charge in [0.1, 0.15) is 0 Å². The summed E-state index contributed by atoms with van der Waals surface area (Å²) in [5.41, 5.74) is 1.24. The molecule has 0 aliphatic heterocycles. The molecule has 1 rings (SSSR count). The van der Waals surface area contributed by atoms with Crippen molar-refractivity contribution in [2.24, 2.45) is 0 Å². The molecule has 0 radical (unpaired) electrons. The van der Waals surface area contributed by atoms with Gasteiger partial charge in [0.2, 0.25) is 0 Å². The molecule has 0 saturated heterocycles. The van der Waals surface area contributed by atoms with E-state index in [-0.39, 0.29) is 12.4 Å². The number of nitrogens with zero attached hydrogens (tertiary/aromatic N) is 1. The van der Waals surface area contributed by atoms with Crippen molar-refractivity contribution in [3.63, 3.8) is 0 Å². The zero-order valence-electron chi connectivity index (χ0n) is 15.7. The third-order valence-electron chi connectivity index (χ3n) is 5.03. The second-order valence-electron chi connectivity index (χ2n) is 6.58. The van der Waals surface area contributed by atoms with Gasteiger partial charge in [-0.3, -0.25) is 0 Å². The summed E-state index contributed by atoms with van der Waals surface area (Å²) in [5, 5.41) is 0.804. The summed E-state index contributed by atoms with van der Waals surface area (Å²) < 4.78 is 1.26. The van der Waals surface area contributed by atoms with E-state index in [4.69, 9.17) is 11.6 Å². The monoisotopic (exact) mass is 371 g/mol. The lowest BCUT2D eigenvalue weighted by atomic mass is 10.1. The first-order valence-corrected chi connectivity index (χ1v) is 9.80. The normalized spacial score (nSPS) is 11.7. The Morgan fingerprint density at radius 1 is 0.875 bits per heavy atom. The summed E-state index contributed by atoms with van der Waals surface area (Å²) >= 11 is 5.92. The van der Waals surface area contributed by atoms with Crippen molar-refractivity contribution in [2.45, 2.75) is 59.3 Å². The number of unbranched alkanes of at least 4 members (excludes halogenated alkanes) is 4. The molecule has 0 aliphatic carbocycles. The largest absolute Gasteiger partial charge is 1.00 e. The summed E-state index contributed by atoms with van der Waals surface area (Å²) in [6, 6.07) is 8.06. The summed E-state index contributed by atoms with van der Waals surface area (Å²) in [6.07, 6.45) is 12.6. The highest BCUT2D eigenvalue weighted by molar-refractivity contribution is 6.30. The molecule has 0 amide bonds. The number of hydrogen-bond donors (Lipinski definition) is 0. The smallest absolute Gasteiger partial charge is 0.0821 e. The van der Waals surface area contributed by atoms with Crippen molar-refractivity contribution in [1.29, 1.82) is 0 Å². The Labute approximate surface area is 161 Å². The molecule has 24 heavy (non-hydrogen) atoms. The first kappa shape index (κ1) is 23.5. The Morgan fingerprint density at radius 2 is 1.50 bits per heavy atom. The quantitative estimate of drug-likeness (QED) is 0.389. The molecule has 1 aromatic rings. The molecule has 0 aliphatic rings. The summed E-state index contributed by atoms with van der Waals surface area (Å²) in [4.78, 5) is 0. The number of rotatable bonds is 12. The Hall–Kier alpha value is -0.500. The molecule has 0 bridgehead atoms. The van der Waals surface area contributed by atoms with Gasteiger partial charge in [-0.2, -0.15) is 0 Å². The van der Waals surface area contributed by atoms with Gasteiger partial charge in [0.25, 0.3) is 0 Å². The first-order chi connectivity index (χ1) is 11.2. The van der Waals surface area contributed by atoms with Crippen LogP contribution in [0.15, 0.2) is 30.3 Å². The first-order valence-electron chi connectivity index (χ1n) is 9.43. The summed E-state index contributed by atoms with van der Waals surface area (Å²) in [6.45, 7) is 12.1. The van der Waals surface area contributed by atoms with E-state index in [0.717, 1.165) is 11.4 Å². The molecule has 0 N–H and O–H groups in total. The van der Waals surface area contributed by atoms with Gasteiger partial charge >= 0.3 is 0 Å². The fourth-order valence-corrected chi connectivity index (χ4v) is 3.29. The number of benzene rings is 1. The van der Waals surface area contributed by atoms with Crippen molar-refractivity contribution in [1.82, 2.24) is 0 Å². The van der Waals surface area contributed by atoms with E-state index < -0.39 is 0 Å². The minimum atomic E-state index is 0. The van der Waals surface area contributed by atoms with E-state index in [1.54, 1.807) is 0 Å². The maximum Gasteiger partial charge on any atom is 0.0821 e. The Bertz CT molecular complexity index is 436. The number of halogens is 2. The maximum absolute atomic E-state index is 5.92. The van der Waals surface area contributed by atoms with E-state index in [0.29, 0.717) is 0 Å².